The van der Waals surface area contributed by atoms with Gasteiger partial charge in [0.05, 0.1) is 11.5 Å². The largest absolute Gasteiger partial charge is 0.328 e. The van der Waals surface area contributed by atoms with Gasteiger partial charge in [-0.05, 0) is 32.1 Å². The van der Waals surface area contributed by atoms with Crippen LogP contribution >= 0.6 is 0 Å². The number of rotatable bonds is 2. The minimum Gasteiger partial charge on any atom is -0.328 e. The molecule has 1 unspecified atom stereocenters. The Morgan fingerprint density at radius 2 is 1.92 bits per heavy atom. The molecule has 0 aromatic heterocycles. The average Bonchev–Trinajstić information content (AvgIpc) is 1.93. The molecule has 1 rings (SSSR count). The van der Waals surface area contributed by atoms with E-state index in [1.54, 1.807) is 0 Å². The van der Waals surface area contributed by atoms with Crippen LogP contribution in [0.5, 0.6) is 0 Å². The smallest absolute Gasteiger partial charge is 0.150 e. The second kappa shape index (κ2) is 3.75. The van der Waals surface area contributed by atoms with Gasteiger partial charge >= 0.3 is 0 Å². The van der Waals surface area contributed by atoms with E-state index in [0.717, 1.165) is 19.3 Å². The fraction of sp³-hybridized carbons (Fsp3) is 1.00. The van der Waals surface area contributed by atoms with Crippen molar-refractivity contribution in [3.8, 4) is 0 Å². The minimum absolute atomic E-state index is 0.204. The van der Waals surface area contributed by atoms with Crippen molar-refractivity contribution in [3.63, 3.8) is 0 Å². The summed E-state index contributed by atoms with van der Waals surface area (Å²) in [5.74, 6) is 1.27. The Kier molecular flexibility index (Phi) is 3.12. The van der Waals surface area contributed by atoms with Crippen molar-refractivity contribution >= 4 is 9.84 Å². The van der Waals surface area contributed by atoms with Crippen LogP contribution in [-0.4, -0.2) is 26.0 Å². The van der Waals surface area contributed by atoms with Crippen LogP contribution in [-0.2, 0) is 9.84 Å². The quantitative estimate of drug-likeness (QED) is 0.693. The Morgan fingerprint density at radius 1 is 1.42 bits per heavy atom. The van der Waals surface area contributed by atoms with E-state index in [1.165, 1.54) is 0 Å². The van der Waals surface area contributed by atoms with Crippen LogP contribution in [0.15, 0.2) is 0 Å². The summed E-state index contributed by atoms with van der Waals surface area (Å²) in [4.78, 5) is 0. The molecular formula is C8H17NO2S. The molecule has 12 heavy (non-hydrogen) atoms. The highest BCUT2D eigenvalue weighted by atomic mass is 32.2. The molecule has 2 N–H and O–H groups in total. The van der Waals surface area contributed by atoms with Crippen LogP contribution in [0, 0.1) is 5.92 Å². The molecule has 1 heterocycles. The third kappa shape index (κ3) is 3.11. The lowest BCUT2D eigenvalue weighted by atomic mass is 9.95. The normalized spacial score (nSPS) is 26.8. The maximum Gasteiger partial charge on any atom is 0.150 e. The van der Waals surface area contributed by atoms with Gasteiger partial charge in [-0.25, -0.2) is 8.42 Å². The molecule has 1 aliphatic heterocycles. The van der Waals surface area contributed by atoms with Crippen molar-refractivity contribution in [1.82, 2.24) is 0 Å². The third-order valence-corrected chi connectivity index (χ3v) is 4.09. The molecule has 4 heteroatoms. The molecule has 1 aliphatic rings. The summed E-state index contributed by atoms with van der Waals surface area (Å²) in [5, 5.41) is 0. The van der Waals surface area contributed by atoms with Crippen LogP contribution in [0.3, 0.4) is 0 Å². The van der Waals surface area contributed by atoms with E-state index < -0.39 is 9.84 Å². The van der Waals surface area contributed by atoms with Gasteiger partial charge in [-0.3, -0.25) is 0 Å². The molecule has 0 spiro atoms. The molecule has 0 aromatic carbocycles. The van der Waals surface area contributed by atoms with Gasteiger partial charge < -0.3 is 5.73 Å². The molecule has 0 bridgehead atoms. The standard InChI is InChI=1S/C8H17NO2S/c1-7(9)6-8-2-4-12(10,11)5-3-8/h7-8H,2-6,9H2,1H3. The molecule has 0 aromatic rings. The highest BCUT2D eigenvalue weighted by Gasteiger charge is 2.23. The van der Waals surface area contributed by atoms with E-state index >= 15 is 0 Å². The predicted octanol–water partition coefficient (Wildman–Crippen LogP) is 0.548. The first-order valence-corrected chi connectivity index (χ1v) is 6.28. The van der Waals surface area contributed by atoms with Crippen LogP contribution < -0.4 is 5.73 Å². The Bertz CT molecular complexity index is 219. The Labute approximate surface area is 74.3 Å². The fourth-order valence-electron chi connectivity index (χ4n) is 1.70. The Morgan fingerprint density at radius 3 is 2.33 bits per heavy atom. The molecule has 0 radical (unpaired) electrons. The van der Waals surface area contributed by atoms with Crippen LogP contribution in [0.4, 0.5) is 0 Å². The molecule has 0 aliphatic carbocycles. The molecule has 3 nitrogen and oxygen atoms in total. The van der Waals surface area contributed by atoms with Gasteiger partial charge in [-0.2, -0.15) is 0 Å². The molecule has 1 saturated heterocycles. The first-order valence-electron chi connectivity index (χ1n) is 4.45. The maximum absolute atomic E-state index is 11.1. The molecule has 0 saturated carbocycles. The maximum atomic E-state index is 11.1. The van der Waals surface area contributed by atoms with Gasteiger partial charge in [-0.15, -0.1) is 0 Å². The highest BCUT2D eigenvalue weighted by molar-refractivity contribution is 7.91. The second-order valence-electron chi connectivity index (χ2n) is 3.81. The van der Waals surface area contributed by atoms with E-state index in [2.05, 4.69) is 0 Å². The molecule has 72 valence electrons. The van der Waals surface area contributed by atoms with Crippen molar-refractivity contribution < 1.29 is 8.42 Å². The van der Waals surface area contributed by atoms with Crippen molar-refractivity contribution in [2.24, 2.45) is 11.7 Å². The SMILES string of the molecule is CC(N)CC1CCS(=O)(=O)CC1. The molecule has 1 fully saturated rings. The first kappa shape index (κ1) is 9.99. The van der Waals surface area contributed by atoms with Crippen molar-refractivity contribution in [2.75, 3.05) is 11.5 Å². The number of hydrogen-bond donors (Lipinski definition) is 1. The van der Waals surface area contributed by atoms with Gasteiger partial charge in [-0.1, -0.05) is 0 Å². The number of hydrogen-bond acceptors (Lipinski definition) is 3. The first-order chi connectivity index (χ1) is 5.49. The van der Waals surface area contributed by atoms with Crippen molar-refractivity contribution in [1.29, 1.82) is 0 Å². The van der Waals surface area contributed by atoms with Gasteiger partial charge in [0.15, 0.2) is 0 Å². The summed E-state index contributed by atoms with van der Waals surface area (Å²) in [6.45, 7) is 1.98. The summed E-state index contributed by atoms with van der Waals surface area (Å²) in [5.41, 5.74) is 5.64. The summed E-state index contributed by atoms with van der Waals surface area (Å²) in [7, 11) is -2.69. The van der Waals surface area contributed by atoms with E-state index in [9.17, 15) is 8.42 Å². The highest BCUT2D eigenvalue weighted by Crippen LogP contribution is 2.22. The lowest BCUT2D eigenvalue weighted by molar-refractivity contribution is 0.407. The summed E-state index contributed by atoms with van der Waals surface area (Å²) < 4.78 is 22.1. The lowest BCUT2D eigenvalue weighted by Gasteiger charge is -2.23. The Hall–Kier alpha value is -0.0900. The minimum atomic E-state index is -2.69. The van der Waals surface area contributed by atoms with E-state index in [0.29, 0.717) is 17.4 Å². The van der Waals surface area contributed by atoms with E-state index in [4.69, 9.17) is 5.73 Å². The predicted molar refractivity (Wildman–Crippen MR) is 49.6 cm³/mol. The second-order valence-corrected chi connectivity index (χ2v) is 6.11. The van der Waals surface area contributed by atoms with Crippen molar-refractivity contribution in [2.45, 2.75) is 32.2 Å². The molecule has 0 amide bonds. The van der Waals surface area contributed by atoms with Gasteiger partial charge in [0.2, 0.25) is 0 Å². The van der Waals surface area contributed by atoms with Gasteiger partial charge in [0.25, 0.3) is 0 Å². The summed E-state index contributed by atoms with van der Waals surface area (Å²) in [6.07, 6.45) is 2.59. The fourth-order valence-corrected chi connectivity index (χ4v) is 3.29. The monoisotopic (exact) mass is 191 g/mol. The number of sulfone groups is 1. The summed E-state index contributed by atoms with van der Waals surface area (Å²) in [6, 6.07) is 0.204. The van der Waals surface area contributed by atoms with E-state index in [1.807, 2.05) is 6.92 Å². The molecule has 1 atom stereocenters. The topological polar surface area (TPSA) is 60.2 Å². The Balaban J connectivity index is 2.36. The van der Waals surface area contributed by atoms with Crippen LogP contribution in [0.1, 0.15) is 26.2 Å². The number of nitrogens with two attached hydrogens (primary N) is 1. The van der Waals surface area contributed by atoms with Crippen LogP contribution in [0.25, 0.3) is 0 Å². The van der Waals surface area contributed by atoms with E-state index in [-0.39, 0.29) is 6.04 Å². The van der Waals surface area contributed by atoms with Crippen molar-refractivity contribution in [3.05, 3.63) is 0 Å². The van der Waals surface area contributed by atoms with Gasteiger partial charge in [0.1, 0.15) is 9.84 Å². The zero-order valence-corrected chi connectivity index (χ0v) is 8.31. The zero-order valence-electron chi connectivity index (χ0n) is 7.49. The average molecular weight is 191 g/mol. The van der Waals surface area contributed by atoms with Gasteiger partial charge in [0, 0.05) is 6.04 Å². The zero-order chi connectivity index (χ0) is 9.19. The van der Waals surface area contributed by atoms with Crippen LogP contribution in [0.2, 0.25) is 0 Å². The lowest BCUT2D eigenvalue weighted by Crippen LogP contribution is -2.27. The third-order valence-electron chi connectivity index (χ3n) is 2.38. The molecular weight excluding hydrogens is 174 g/mol. The summed E-state index contributed by atoms with van der Waals surface area (Å²) >= 11 is 0.